The number of piperidine rings is 1. The first kappa shape index (κ1) is 3.22. The van der Waals surface area contributed by atoms with E-state index in [0.29, 0.717) is 0 Å². The van der Waals surface area contributed by atoms with Crippen LogP contribution in [0, 0.1) is 0 Å². The second-order valence-electron chi connectivity index (χ2n) is 1.52. The van der Waals surface area contributed by atoms with Gasteiger partial charge in [0.2, 0.25) is 11.8 Å². The summed E-state index contributed by atoms with van der Waals surface area (Å²) in [7, 11) is 0. The van der Waals surface area contributed by atoms with Crippen LogP contribution >= 0.6 is 0 Å². The van der Waals surface area contributed by atoms with Crippen molar-refractivity contribution in [1.82, 2.24) is 5.32 Å². The molecule has 8 heavy (non-hydrogen) atoms. The zero-order valence-corrected chi connectivity index (χ0v) is 4.18. The number of amides is 2. The number of nitrogens with one attached hydrogen (secondary N) is 1. The fourth-order valence-electron chi connectivity index (χ4n) is 0.503. The van der Waals surface area contributed by atoms with Gasteiger partial charge in [0, 0.05) is 15.6 Å². The van der Waals surface area contributed by atoms with Gasteiger partial charge in [-0.3, -0.25) is 14.9 Å². The number of carbonyl (C=O) groups is 2. The third-order valence-corrected chi connectivity index (χ3v) is 0.835. The second-order valence-corrected chi connectivity index (χ2v) is 1.52. The van der Waals surface area contributed by atoms with E-state index >= 15 is 0 Å². The zero-order valence-electron chi connectivity index (χ0n) is 6.18. The molecular formula is C5H7NO2. The van der Waals surface area contributed by atoms with Gasteiger partial charge >= 0.3 is 0 Å². The summed E-state index contributed by atoms with van der Waals surface area (Å²) < 4.78 is 14.1. The molecule has 0 aromatic heterocycles. The number of imide groups is 1. The van der Waals surface area contributed by atoms with E-state index in [1.807, 2.05) is 5.32 Å². The highest BCUT2D eigenvalue weighted by Crippen LogP contribution is 2.00. The Morgan fingerprint density at radius 3 is 2.88 bits per heavy atom. The maximum absolute atomic E-state index is 10.6. The Morgan fingerprint density at radius 2 is 2.25 bits per heavy atom. The predicted octanol–water partition coefficient (Wildman–Crippen LogP) is -0.187. The quantitative estimate of drug-likeness (QED) is 0.445. The Bertz CT molecular complexity index is 182. The Morgan fingerprint density at radius 1 is 1.50 bits per heavy atom. The normalized spacial score (nSPS) is 42.5. The number of hydrogen-bond acceptors (Lipinski definition) is 2. The lowest BCUT2D eigenvalue weighted by Gasteiger charge is -2.07. The van der Waals surface area contributed by atoms with E-state index in [1.54, 1.807) is 0 Å². The van der Waals surface area contributed by atoms with Gasteiger partial charge in [0.1, 0.15) is 0 Å². The number of rotatable bonds is 0. The van der Waals surface area contributed by atoms with Crippen molar-refractivity contribution >= 4 is 11.8 Å². The molecule has 1 rings (SSSR count). The molecule has 0 bridgehead atoms. The third kappa shape index (κ3) is 1.05. The van der Waals surface area contributed by atoms with Crippen LogP contribution in [-0.2, 0) is 9.59 Å². The van der Waals surface area contributed by atoms with Crippen LogP contribution in [0.1, 0.15) is 22.0 Å². The Balaban J connectivity index is 2.66. The smallest absolute Gasteiger partial charge is 0.226 e. The molecule has 0 saturated carbocycles. The van der Waals surface area contributed by atoms with E-state index in [4.69, 9.17) is 2.74 Å². The summed E-state index contributed by atoms with van der Waals surface area (Å²) in [6, 6.07) is 0. The molecule has 2 amide bonds. The summed E-state index contributed by atoms with van der Waals surface area (Å²) in [6.45, 7) is 0. The van der Waals surface area contributed by atoms with E-state index in [-0.39, 0.29) is 6.42 Å². The molecule has 1 N–H and O–H groups in total. The third-order valence-electron chi connectivity index (χ3n) is 0.835. The highest BCUT2D eigenvalue weighted by molar-refractivity contribution is 5.97. The van der Waals surface area contributed by atoms with E-state index in [2.05, 4.69) is 0 Å². The molecular weight excluding hydrogens is 106 g/mol. The van der Waals surface area contributed by atoms with E-state index in [1.165, 1.54) is 0 Å². The molecule has 1 aliphatic rings. The predicted molar refractivity (Wildman–Crippen MR) is 27.0 cm³/mol. The topological polar surface area (TPSA) is 46.2 Å². The summed E-state index contributed by atoms with van der Waals surface area (Å²) in [5.74, 6) is -1.11. The molecule has 2 atom stereocenters. The molecule has 1 heterocycles. The molecule has 1 fully saturated rings. The van der Waals surface area contributed by atoms with Crippen LogP contribution in [-0.4, -0.2) is 11.8 Å². The van der Waals surface area contributed by atoms with Crippen molar-refractivity contribution in [3.8, 4) is 0 Å². The van der Waals surface area contributed by atoms with Crippen molar-refractivity contribution < 1.29 is 12.3 Å². The van der Waals surface area contributed by atoms with Crippen molar-refractivity contribution in [2.24, 2.45) is 0 Å². The maximum Gasteiger partial charge on any atom is 0.226 e. The van der Waals surface area contributed by atoms with Gasteiger partial charge in [-0.25, -0.2) is 0 Å². The lowest BCUT2D eigenvalue weighted by Crippen LogP contribution is -2.33. The highest BCUT2D eigenvalue weighted by Gasteiger charge is 2.12. The van der Waals surface area contributed by atoms with Gasteiger partial charge in [-0.2, -0.15) is 0 Å². The van der Waals surface area contributed by atoms with Crippen LogP contribution in [0.15, 0.2) is 0 Å². The van der Waals surface area contributed by atoms with Gasteiger partial charge in [0.05, 0.1) is 0 Å². The minimum Gasteiger partial charge on any atom is -0.296 e. The van der Waals surface area contributed by atoms with Gasteiger partial charge in [0.25, 0.3) is 0 Å². The molecule has 2 unspecified atom stereocenters. The van der Waals surface area contributed by atoms with Crippen molar-refractivity contribution in [3.63, 3.8) is 0 Å². The molecule has 1 saturated heterocycles. The Hall–Kier alpha value is -0.860. The zero-order chi connectivity index (χ0) is 7.72. The van der Waals surface area contributed by atoms with Gasteiger partial charge in [0.15, 0.2) is 0 Å². The van der Waals surface area contributed by atoms with Gasteiger partial charge < -0.3 is 0 Å². The molecule has 0 aliphatic carbocycles. The number of carbonyl (C=O) groups excluding carboxylic acids is 2. The summed E-state index contributed by atoms with van der Waals surface area (Å²) in [5, 5.41) is 1.97. The summed E-state index contributed by atoms with van der Waals surface area (Å²) in [6.07, 6.45) is -2.03. The minimum absolute atomic E-state index is 0.0418. The molecule has 3 nitrogen and oxygen atoms in total. The largest absolute Gasteiger partial charge is 0.296 e. The molecule has 1 aliphatic heterocycles. The second kappa shape index (κ2) is 1.94. The van der Waals surface area contributed by atoms with Crippen LogP contribution in [0.4, 0.5) is 0 Å². The molecule has 0 aromatic carbocycles. The average Bonchev–Trinajstić information content (AvgIpc) is 1.82. The van der Waals surface area contributed by atoms with E-state index in [9.17, 15) is 9.59 Å². The van der Waals surface area contributed by atoms with Gasteiger partial charge in [-0.1, -0.05) is 0 Å². The van der Waals surface area contributed by atoms with Crippen LogP contribution in [0.2, 0.25) is 0 Å². The van der Waals surface area contributed by atoms with Gasteiger partial charge in [-0.15, -0.1) is 0 Å². The Kier molecular flexibility index (Phi) is 0.782. The SMILES string of the molecule is [2H]C1CC(=O)NC(=O)C1[2H]. The maximum atomic E-state index is 10.6. The van der Waals surface area contributed by atoms with Crippen LogP contribution in [0.25, 0.3) is 0 Å². The summed E-state index contributed by atoms with van der Waals surface area (Å²) in [4.78, 5) is 21.1. The summed E-state index contributed by atoms with van der Waals surface area (Å²) in [5.41, 5.74) is 0. The summed E-state index contributed by atoms with van der Waals surface area (Å²) >= 11 is 0. The fraction of sp³-hybridized carbons (Fsp3) is 0.600. The first-order chi connectivity index (χ1) is 4.61. The fourth-order valence-corrected chi connectivity index (χ4v) is 0.503. The van der Waals surface area contributed by atoms with Gasteiger partial charge in [-0.05, 0) is 6.40 Å². The number of hydrogen-bond donors (Lipinski definition) is 1. The standard InChI is InChI=1S/C5H7NO2/c7-4-2-1-3-5(8)6-4/h1-3H2,(H,6,7,8)/i1D,2D. The highest BCUT2D eigenvalue weighted by atomic mass is 16.2. The average molecular weight is 115 g/mol. The molecule has 0 aromatic rings. The lowest BCUT2D eigenvalue weighted by molar-refractivity contribution is -0.132. The van der Waals surface area contributed by atoms with Crippen molar-refractivity contribution in [1.29, 1.82) is 0 Å². The molecule has 3 heteroatoms. The van der Waals surface area contributed by atoms with Crippen molar-refractivity contribution in [3.05, 3.63) is 0 Å². The van der Waals surface area contributed by atoms with E-state index < -0.39 is 24.6 Å². The first-order valence-electron chi connectivity index (χ1n) is 3.45. The minimum atomic E-state index is -1.10. The lowest BCUT2D eigenvalue weighted by atomic mass is 10.1. The Labute approximate surface area is 49.9 Å². The van der Waals surface area contributed by atoms with E-state index in [0.717, 1.165) is 0 Å². The first-order valence-corrected chi connectivity index (χ1v) is 2.29. The van der Waals surface area contributed by atoms with Crippen LogP contribution in [0.5, 0.6) is 0 Å². The monoisotopic (exact) mass is 115 g/mol. The van der Waals surface area contributed by atoms with Crippen LogP contribution in [0.3, 0.4) is 0 Å². The van der Waals surface area contributed by atoms with Crippen LogP contribution < -0.4 is 5.32 Å². The molecule has 44 valence electrons. The molecule has 0 spiro atoms. The molecule has 0 radical (unpaired) electrons. The van der Waals surface area contributed by atoms with Crippen molar-refractivity contribution in [2.75, 3.05) is 0 Å². The van der Waals surface area contributed by atoms with Crippen molar-refractivity contribution in [2.45, 2.75) is 19.2 Å².